The third-order valence-electron chi connectivity index (χ3n) is 2.56. The van der Waals surface area contributed by atoms with Gasteiger partial charge in [-0.15, -0.1) is 0 Å². The van der Waals surface area contributed by atoms with E-state index < -0.39 is 23.1 Å². The number of ether oxygens (including phenoxy) is 1. The van der Waals surface area contributed by atoms with Gasteiger partial charge in [-0.1, -0.05) is 0 Å². The lowest BCUT2D eigenvalue weighted by Gasteiger charge is -2.26. The van der Waals surface area contributed by atoms with Gasteiger partial charge in [-0.2, -0.15) is 0 Å². The third-order valence-corrected chi connectivity index (χ3v) is 2.56. The van der Waals surface area contributed by atoms with E-state index in [1.165, 1.54) is 21.1 Å². The molecule has 0 aliphatic heterocycles. The van der Waals surface area contributed by atoms with Crippen LogP contribution in [0.4, 0.5) is 8.78 Å². The highest BCUT2D eigenvalue weighted by Gasteiger charge is 2.37. The lowest BCUT2D eigenvalue weighted by atomic mass is 9.91. The van der Waals surface area contributed by atoms with Gasteiger partial charge < -0.3 is 10.1 Å². The second kappa shape index (κ2) is 4.57. The van der Waals surface area contributed by atoms with Crippen molar-refractivity contribution in [3.8, 4) is 0 Å². The molecule has 1 aromatic carbocycles. The van der Waals surface area contributed by atoms with E-state index in [1.54, 1.807) is 0 Å². The number of benzene rings is 1. The van der Waals surface area contributed by atoms with E-state index in [1.807, 2.05) is 0 Å². The van der Waals surface area contributed by atoms with E-state index in [0.29, 0.717) is 0 Å². The van der Waals surface area contributed by atoms with Crippen LogP contribution in [-0.2, 0) is 15.1 Å². The molecule has 0 spiro atoms. The Bertz CT molecular complexity index is 409. The van der Waals surface area contributed by atoms with Gasteiger partial charge in [-0.25, -0.2) is 13.6 Å². The SMILES string of the molecule is CNC(C)(C(=O)OC)c1cc(F)ccc1F. The smallest absolute Gasteiger partial charge is 0.330 e. The number of esters is 1. The lowest BCUT2D eigenvalue weighted by Crippen LogP contribution is -2.46. The Morgan fingerprint density at radius 2 is 2.06 bits per heavy atom. The first-order chi connectivity index (χ1) is 7.45. The fraction of sp³-hybridized carbons (Fsp3) is 0.364. The molecule has 0 fully saturated rings. The van der Waals surface area contributed by atoms with Gasteiger partial charge >= 0.3 is 5.97 Å². The molecule has 5 heteroatoms. The highest BCUT2D eigenvalue weighted by Crippen LogP contribution is 2.25. The van der Waals surface area contributed by atoms with E-state index in [4.69, 9.17) is 0 Å². The minimum Gasteiger partial charge on any atom is -0.467 e. The molecular weight excluding hydrogens is 216 g/mol. The summed E-state index contributed by atoms with van der Waals surface area (Å²) in [7, 11) is 2.66. The van der Waals surface area contributed by atoms with Crippen LogP contribution in [0.2, 0.25) is 0 Å². The summed E-state index contributed by atoms with van der Waals surface area (Å²) in [5.41, 5.74) is -1.48. The van der Waals surface area contributed by atoms with E-state index in [0.717, 1.165) is 18.2 Å². The van der Waals surface area contributed by atoms with Gasteiger partial charge in [-0.05, 0) is 32.2 Å². The Hall–Kier alpha value is -1.49. The fourth-order valence-corrected chi connectivity index (χ4v) is 1.43. The number of carbonyl (C=O) groups is 1. The normalized spacial score (nSPS) is 14.3. The largest absolute Gasteiger partial charge is 0.467 e. The van der Waals surface area contributed by atoms with Gasteiger partial charge in [0.15, 0.2) is 0 Å². The van der Waals surface area contributed by atoms with Crippen molar-refractivity contribution in [3.63, 3.8) is 0 Å². The molecule has 16 heavy (non-hydrogen) atoms. The Morgan fingerprint density at radius 3 is 2.56 bits per heavy atom. The van der Waals surface area contributed by atoms with Crippen molar-refractivity contribution in [3.05, 3.63) is 35.4 Å². The summed E-state index contributed by atoms with van der Waals surface area (Å²) < 4.78 is 31.1. The number of carbonyl (C=O) groups excluding carboxylic acids is 1. The Kier molecular flexibility index (Phi) is 3.59. The zero-order valence-corrected chi connectivity index (χ0v) is 9.30. The summed E-state index contributed by atoms with van der Waals surface area (Å²) in [6.07, 6.45) is 0. The van der Waals surface area contributed by atoms with Crippen LogP contribution in [0.5, 0.6) is 0 Å². The molecule has 1 rings (SSSR count). The Morgan fingerprint density at radius 1 is 1.44 bits per heavy atom. The molecule has 1 atom stereocenters. The number of nitrogens with one attached hydrogen (secondary N) is 1. The van der Waals surface area contributed by atoms with E-state index in [2.05, 4.69) is 10.1 Å². The van der Waals surface area contributed by atoms with Gasteiger partial charge in [-0.3, -0.25) is 0 Å². The molecule has 1 aromatic rings. The van der Waals surface area contributed by atoms with Gasteiger partial charge in [0.1, 0.15) is 17.2 Å². The molecule has 0 saturated carbocycles. The van der Waals surface area contributed by atoms with Gasteiger partial charge in [0.05, 0.1) is 7.11 Å². The van der Waals surface area contributed by atoms with Crippen molar-refractivity contribution in [1.82, 2.24) is 5.32 Å². The van der Waals surface area contributed by atoms with Gasteiger partial charge in [0.25, 0.3) is 0 Å². The van der Waals surface area contributed by atoms with Crippen LogP contribution in [-0.4, -0.2) is 20.1 Å². The van der Waals surface area contributed by atoms with Crippen molar-refractivity contribution in [2.45, 2.75) is 12.5 Å². The van der Waals surface area contributed by atoms with Crippen LogP contribution in [0.3, 0.4) is 0 Å². The molecule has 3 nitrogen and oxygen atoms in total. The van der Waals surface area contributed by atoms with Gasteiger partial charge in [0.2, 0.25) is 0 Å². The molecule has 0 aliphatic carbocycles. The number of likely N-dealkylation sites (N-methyl/N-ethyl adjacent to an activating group) is 1. The minimum atomic E-state index is -1.40. The van der Waals surface area contributed by atoms with Gasteiger partial charge in [0, 0.05) is 5.56 Å². The van der Waals surface area contributed by atoms with E-state index in [-0.39, 0.29) is 5.56 Å². The fourth-order valence-electron chi connectivity index (χ4n) is 1.43. The summed E-state index contributed by atoms with van der Waals surface area (Å²) >= 11 is 0. The van der Waals surface area contributed by atoms with E-state index in [9.17, 15) is 13.6 Å². The molecule has 1 unspecified atom stereocenters. The van der Waals surface area contributed by atoms with Crippen molar-refractivity contribution in [2.24, 2.45) is 0 Å². The highest BCUT2D eigenvalue weighted by atomic mass is 19.1. The first-order valence-corrected chi connectivity index (χ1v) is 4.68. The maximum Gasteiger partial charge on any atom is 0.330 e. The average Bonchev–Trinajstić information content (AvgIpc) is 2.30. The number of methoxy groups -OCH3 is 1. The average molecular weight is 229 g/mol. The number of hydrogen-bond acceptors (Lipinski definition) is 3. The summed E-state index contributed by atoms with van der Waals surface area (Å²) in [4.78, 5) is 11.6. The van der Waals surface area contributed by atoms with Crippen LogP contribution in [0.15, 0.2) is 18.2 Å². The molecule has 1 N–H and O–H groups in total. The molecule has 0 heterocycles. The van der Waals surface area contributed by atoms with Crippen LogP contribution < -0.4 is 5.32 Å². The molecular formula is C11H13F2NO2. The van der Waals surface area contributed by atoms with Crippen LogP contribution in [0.1, 0.15) is 12.5 Å². The summed E-state index contributed by atoms with van der Waals surface area (Å²) in [6.45, 7) is 1.43. The van der Waals surface area contributed by atoms with Crippen LogP contribution in [0.25, 0.3) is 0 Å². The maximum absolute atomic E-state index is 13.5. The summed E-state index contributed by atoms with van der Waals surface area (Å²) in [5.74, 6) is -1.95. The predicted octanol–water partition coefficient (Wildman–Crippen LogP) is 1.57. The second-order valence-corrected chi connectivity index (χ2v) is 3.49. The number of halogens is 2. The van der Waals surface area contributed by atoms with Crippen LogP contribution in [0, 0.1) is 11.6 Å². The highest BCUT2D eigenvalue weighted by molar-refractivity contribution is 5.82. The molecule has 0 bridgehead atoms. The zero-order chi connectivity index (χ0) is 12.3. The minimum absolute atomic E-state index is 0.0816. The third kappa shape index (κ3) is 2.04. The standard InChI is InChI=1S/C11H13F2NO2/c1-11(14-2,10(15)16-3)8-6-7(12)4-5-9(8)13/h4-6,14H,1-3H3. The number of rotatable bonds is 3. The number of hydrogen-bond donors (Lipinski definition) is 1. The molecule has 0 amide bonds. The molecule has 0 saturated heterocycles. The van der Waals surface area contributed by atoms with Crippen molar-refractivity contribution < 1.29 is 18.3 Å². The zero-order valence-electron chi connectivity index (χ0n) is 9.30. The molecule has 0 aromatic heterocycles. The molecule has 88 valence electrons. The second-order valence-electron chi connectivity index (χ2n) is 3.49. The maximum atomic E-state index is 13.5. The summed E-state index contributed by atoms with van der Waals surface area (Å²) in [6, 6.07) is 2.94. The van der Waals surface area contributed by atoms with Crippen molar-refractivity contribution >= 4 is 5.97 Å². The first kappa shape index (κ1) is 12.6. The summed E-state index contributed by atoms with van der Waals surface area (Å²) in [5, 5.41) is 2.63. The van der Waals surface area contributed by atoms with Crippen molar-refractivity contribution in [1.29, 1.82) is 0 Å². The molecule has 0 radical (unpaired) electrons. The van der Waals surface area contributed by atoms with Crippen LogP contribution >= 0.6 is 0 Å². The topological polar surface area (TPSA) is 38.3 Å². The monoisotopic (exact) mass is 229 g/mol. The Labute approximate surface area is 92.4 Å². The quantitative estimate of drug-likeness (QED) is 0.799. The lowest BCUT2D eigenvalue weighted by molar-refractivity contribution is -0.148. The molecule has 0 aliphatic rings. The predicted molar refractivity (Wildman–Crippen MR) is 54.8 cm³/mol. The van der Waals surface area contributed by atoms with E-state index >= 15 is 0 Å². The first-order valence-electron chi connectivity index (χ1n) is 4.68. The van der Waals surface area contributed by atoms with Crippen molar-refractivity contribution in [2.75, 3.05) is 14.2 Å². The Balaban J connectivity index is 3.32.